The second-order valence-corrected chi connectivity index (χ2v) is 12.1. The SMILES string of the molecule is CC/C(=C\CCC(CC)(CC)O[Si](CC)(CC)CC)c1cccc(C=O)n1. The van der Waals surface area contributed by atoms with Crippen molar-refractivity contribution in [2.45, 2.75) is 97.4 Å². The zero-order chi connectivity index (χ0) is 20.3. The highest BCUT2D eigenvalue weighted by molar-refractivity contribution is 6.73. The summed E-state index contributed by atoms with van der Waals surface area (Å²) in [5.74, 6) is 0. The zero-order valence-electron chi connectivity index (χ0n) is 18.3. The van der Waals surface area contributed by atoms with Gasteiger partial charge in [0, 0.05) is 0 Å². The highest BCUT2D eigenvalue weighted by Crippen LogP contribution is 2.35. The summed E-state index contributed by atoms with van der Waals surface area (Å²) in [6, 6.07) is 9.24. The Morgan fingerprint density at radius 3 is 2.19 bits per heavy atom. The van der Waals surface area contributed by atoms with Crippen LogP contribution in [-0.2, 0) is 4.43 Å². The molecule has 0 spiro atoms. The van der Waals surface area contributed by atoms with Crippen molar-refractivity contribution in [1.82, 2.24) is 4.98 Å². The molecule has 0 fully saturated rings. The van der Waals surface area contributed by atoms with Crippen molar-refractivity contribution in [3.63, 3.8) is 0 Å². The first kappa shape index (κ1) is 23.8. The minimum Gasteiger partial charge on any atom is -0.411 e. The summed E-state index contributed by atoms with van der Waals surface area (Å²) in [6.07, 6.45) is 8.19. The monoisotopic (exact) mass is 389 g/mol. The van der Waals surface area contributed by atoms with Crippen molar-refractivity contribution in [1.29, 1.82) is 0 Å². The molecule has 4 heteroatoms. The maximum Gasteiger partial charge on any atom is 0.192 e. The predicted molar refractivity (Wildman–Crippen MR) is 119 cm³/mol. The number of pyridine rings is 1. The minimum atomic E-state index is -1.63. The summed E-state index contributed by atoms with van der Waals surface area (Å²) in [7, 11) is -1.63. The quantitative estimate of drug-likeness (QED) is 0.268. The van der Waals surface area contributed by atoms with E-state index in [2.05, 4.69) is 52.6 Å². The van der Waals surface area contributed by atoms with Crippen molar-refractivity contribution < 1.29 is 9.22 Å². The van der Waals surface area contributed by atoms with Crippen LogP contribution in [0.25, 0.3) is 5.57 Å². The van der Waals surface area contributed by atoms with Gasteiger partial charge in [0.25, 0.3) is 0 Å². The van der Waals surface area contributed by atoms with Gasteiger partial charge in [0.1, 0.15) is 5.69 Å². The van der Waals surface area contributed by atoms with Crippen LogP contribution in [0.3, 0.4) is 0 Å². The number of aromatic nitrogens is 1. The van der Waals surface area contributed by atoms with Crippen molar-refractivity contribution >= 4 is 20.2 Å². The summed E-state index contributed by atoms with van der Waals surface area (Å²) in [5, 5.41) is 0. The first-order valence-corrected chi connectivity index (χ1v) is 13.3. The van der Waals surface area contributed by atoms with Crippen molar-refractivity contribution in [3.05, 3.63) is 35.7 Å². The summed E-state index contributed by atoms with van der Waals surface area (Å²) >= 11 is 0. The molecule has 0 saturated heterocycles. The van der Waals surface area contributed by atoms with E-state index in [0.717, 1.165) is 44.1 Å². The van der Waals surface area contributed by atoms with E-state index in [1.54, 1.807) is 6.07 Å². The van der Waals surface area contributed by atoms with E-state index in [9.17, 15) is 4.79 Å². The zero-order valence-corrected chi connectivity index (χ0v) is 19.3. The van der Waals surface area contributed by atoms with E-state index in [0.29, 0.717) is 5.69 Å². The Balaban J connectivity index is 2.96. The molecule has 0 bridgehead atoms. The first-order valence-electron chi connectivity index (χ1n) is 10.8. The van der Waals surface area contributed by atoms with Crippen molar-refractivity contribution in [2.24, 2.45) is 0 Å². The molecular formula is C23H39NO2Si. The third-order valence-corrected chi connectivity index (χ3v) is 11.0. The minimum absolute atomic E-state index is 0.0122. The van der Waals surface area contributed by atoms with E-state index in [1.165, 1.54) is 23.7 Å². The highest BCUT2D eigenvalue weighted by Gasteiger charge is 2.38. The normalized spacial score (nSPS) is 13.0. The maximum atomic E-state index is 11.0. The van der Waals surface area contributed by atoms with Gasteiger partial charge >= 0.3 is 0 Å². The molecule has 0 aromatic carbocycles. The van der Waals surface area contributed by atoms with Gasteiger partial charge in [0.05, 0.1) is 11.3 Å². The Hall–Kier alpha value is -1.26. The largest absolute Gasteiger partial charge is 0.411 e. The molecular weight excluding hydrogens is 350 g/mol. The molecule has 0 aliphatic rings. The van der Waals surface area contributed by atoms with Crippen LogP contribution >= 0.6 is 0 Å². The summed E-state index contributed by atoms with van der Waals surface area (Å²) in [5.41, 5.74) is 2.61. The van der Waals surface area contributed by atoms with E-state index >= 15 is 0 Å². The lowest BCUT2D eigenvalue weighted by molar-refractivity contribution is 0.0397. The lowest BCUT2D eigenvalue weighted by Crippen LogP contribution is -2.46. The van der Waals surface area contributed by atoms with Gasteiger partial charge in [-0.3, -0.25) is 4.79 Å². The number of rotatable bonds is 13. The topological polar surface area (TPSA) is 39.2 Å². The highest BCUT2D eigenvalue weighted by atomic mass is 28.4. The second-order valence-electron chi connectivity index (χ2n) is 7.42. The fraction of sp³-hybridized carbons (Fsp3) is 0.652. The molecule has 152 valence electrons. The van der Waals surface area contributed by atoms with Crippen LogP contribution < -0.4 is 0 Å². The molecule has 0 amide bonds. The average Bonchev–Trinajstić information content (AvgIpc) is 2.74. The predicted octanol–water partition coefficient (Wildman–Crippen LogP) is 7.05. The number of allylic oxidation sites excluding steroid dienone is 2. The van der Waals surface area contributed by atoms with E-state index < -0.39 is 8.32 Å². The van der Waals surface area contributed by atoms with Crippen LogP contribution in [0.1, 0.15) is 89.8 Å². The van der Waals surface area contributed by atoms with Crippen LogP contribution in [0.2, 0.25) is 18.1 Å². The summed E-state index contributed by atoms with van der Waals surface area (Å²) < 4.78 is 6.98. The Bertz CT molecular complexity index is 596. The van der Waals surface area contributed by atoms with Crippen LogP contribution in [-0.4, -0.2) is 25.2 Å². The number of aldehydes is 1. The van der Waals surface area contributed by atoms with Crippen molar-refractivity contribution in [3.8, 4) is 0 Å². The van der Waals surface area contributed by atoms with Crippen LogP contribution in [0.5, 0.6) is 0 Å². The Morgan fingerprint density at radius 1 is 1.07 bits per heavy atom. The number of hydrogen-bond donors (Lipinski definition) is 0. The van der Waals surface area contributed by atoms with Gasteiger partial charge in [-0.1, -0.05) is 53.7 Å². The molecule has 27 heavy (non-hydrogen) atoms. The molecule has 0 aliphatic carbocycles. The molecule has 0 atom stereocenters. The number of carbonyl (C=O) groups is 1. The summed E-state index contributed by atoms with van der Waals surface area (Å²) in [6.45, 7) is 13.6. The molecule has 0 aliphatic heterocycles. The van der Waals surface area contributed by atoms with E-state index in [1.807, 2.05) is 12.1 Å². The van der Waals surface area contributed by atoms with Crippen LogP contribution in [0.4, 0.5) is 0 Å². The van der Waals surface area contributed by atoms with Gasteiger partial charge in [-0.25, -0.2) is 4.98 Å². The molecule has 0 radical (unpaired) electrons. The second kappa shape index (κ2) is 11.6. The van der Waals surface area contributed by atoms with Gasteiger partial charge in [0.15, 0.2) is 14.6 Å². The lowest BCUT2D eigenvalue weighted by Gasteiger charge is -2.42. The van der Waals surface area contributed by atoms with E-state index in [-0.39, 0.29) is 5.60 Å². The van der Waals surface area contributed by atoms with Crippen LogP contribution in [0.15, 0.2) is 24.3 Å². The fourth-order valence-electron chi connectivity index (χ4n) is 3.86. The number of carbonyl (C=O) groups excluding carboxylic acids is 1. The lowest BCUT2D eigenvalue weighted by atomic mass is 9.91. The Kier molecular flexibility index (Phi) is 10.2. The molecule has 0 N–H and O–H groups in total. The molecule has 1 heterocycles. The Labute approximate surface area is 167 Å². The number of nitrogens with zero attached hydrogens (tertiary/aromatic N) is 1. The number of hydrogen-bond acceptors (Lipinski definition) is 3. The summed E-state index contributed by atoms with van der Waals surface area (Å²) in [4.78, 5) is 15.5. The molecule has 0 unspecified atom stereocenters. The van der Waals surface area contributed by atoms with Gasteiger partial charge in [-0.15, -0.1) is 0 Å². The Morgan fingerprint density at radius 2 is 1.70 bits per heavy atom. The first-order chi connectivity index (χ1) is 13.0. The fourth-order valence-corrected chi connectivity index (χ4v) is 7.10. The van der Waals surface area contributed by atoms with Gasteiger partial charge in [0.2, 0.25) is 0 Å². The molecule has 3 nitrogen and oxygen atoms in total. The smallest absolute Gasteiger partial charge is 0.192 e. The molecule has 0 saturated carbocycles. The van der Waals surface area contributed by atoms with Gasteiger partial charge in [-0.05, 0) is 67.9 Å². The third-order valence-electron chi connectivity index (χ3n) is 6.25. The standard InChI is InChI=1S/C23H39NO2Si/c1-7-20(22-17-13-16-21(19-25)24-22)15-14-18-23(8-2,9-3)26-27(10-4,11-5)12-6/h13,15-17,19H,7-12,14,18H2,1-6H3/b20-15+. The molecule has 1 rings (SSSR count). The van der Waals surface area contributed by atoms with Gasteiger partial charge < -0.3 is 4.43 Å². The van der Waals surface area contributed by atoms with Crippen molar-refractivity contribution in [2.75, 3.05) is 0 Å². The third kappa shape index (κ3) is 6.39. The molecule has 1 aromatic rings. The van der Waals surface area contributed by atoms with E-state index in [4.69, 9.17) is 4.43 Å². The van der Waals surface area contributed by atoms with Gasteiger partial charge in [-0.2, -0.15) is 0 Å². The van der Waals surface area contributed by atoms with Crippen LogP contribution in [0, 0.1) is 0 Å². The maximum absolute atomic E-state index is 11.0. The molecule has 1 aromatic heterocycles. The average molecular weight is 390 g/mol.